The van der Waals surface area contributed by atoms with Crippen LogP contribution in [-0.2, 0) is 0 Å². The minimum atomic E-state index is 0.468. The van der Waals surface area contributed by atoms with Crippen molar-refractivity contribution >= 4 is 5.69 Å². The molecular formula is C16H24N4. The first kappa shape index (κ1) is 14.8. The lowest BCUT2D eigenvalue weighted by atomic mass is 10.1. The maximum absolute atomic E-state index is 9.47. The number of aromatic nitrogens is 1. The molecule has 4 heteroatoms. The largest absolute Gasteiger partial charge is 0.366 e. The van der Waals surface area contributed by atoms with Gasteiger partial charge in [0.2, 0.25) is 0 Å². The summed E-state index contributed by atoms with van der Waals surface area (Å²) in [7, 11) is 2.18. The SMILES string of the molecule is CCC1CN(C)CCCN1c1cc(C)nc(C)c1C#N. The molecule has 2 rings (SSSR count). The fourth-order valence-corrected chi connectivity index (χ4v) is 3.08. The summed E-state index contributed by atoms with van der Waals surface area (Å²) in [6, 6.07) is 4.88. The fraction of sp³-hybridized carbons (Fsp3) is 0.625. The Balaban J connectivity index is 2.45. The molecule has 1 aromatic rings. The standard InChI is InChI=1S/C16H24N4/c1-5-14-11-19(4)7-6-8-20(14)16-9-12(2)18-13(3)15(16)10-17/h9,14H,5-8,11H2,1-4H3. The fourth-order valence-electron chi connectivity index (χ4n) is 3.08. The summed E-state index contributed by atoms with van der Waals surface area (Å²) in [6.45, 7) is 9.35. The molecule has 0 saturated carbocycles. The maximum atomic E-state index is 9.47. The van der Waals surface area contributed by atoms with Crippen LogP contribution in [0.4, 0.5) is 5.69 Å². The first-order chi connectivity index (χ1) is 9.56. The van der Waals surface area contributed by atoms with Gasteiger partial charge >= 0.3 is 0 Å². The van der Waals surface area contributed by atoms with Crippen LogP contribution in [0.2, 0.25) is 0 Å². The van der Waals surface area contributed by atoms with Crippen LogP contribution in [0.5, 0.6) is 0 Å². The number of nitrogens with zero attached hydrogens (tertiary/aromatic N) is 4. The first-order valence-electron chi connectivity index (χ1n) is 7.40. The zero-order valence-corrected chi connectivity index (χ0v) is 13.0. The van der Waals surface area contributed by atoms with Gasteiger partial charge in [0.25, 0.3) is 0 Å². The Morgan fingerprint density at radius 2 is 2.15 bits per heavy atom. The van der Waals surface area contributed by atoms with Gasteiger partial charge in [0.15, 0.2) is 0 Å². The van der Waals surface area contributed by atoms with Crippen molar-refractivity contribution in [3.63, 3.8) is 0 Å². The molecule has 0 spiro atoms. The van der Waals surface area contributed by atoms with Crippen molar-refractivity contribution in [2.24, 2.45) is 0 Å². The number of rotatable bonds is 2. The van der Waals surface area contributed by atoms with E-state index in [1.807, 2.05) is 13.8 Å². The van der Waals surface area contributed by atoms with Crippen molar-refractivity contribution in [1.29, 1.82) is 5.26 Å². The Morgan fingerprint density at radius 3 is 2.80 bits per heavy atom. The van der Waals surface area contributed by atoms with Crippen LogP contribution in [0.25, 0.3) is 0 Å². The third kappa shape index (κ3) is 2.94. The smallest absolute Gasteiger partial charge is 0.103 e. The summed E-state index contributed by atoms with van der Waals surface area (Å²) in [5.41, 5.74) is 3.64. The highest BCUT2D eigenvalue weighted by Gasteiger charge is 2.25. The molecule has 4 nitrogen and oxygen atoms in total. The Hall–Kier alpha value is -1.60. The predicted molar refractivity (Wildman–Crippen MR) is 82.0 cm³/mol. The van der Waals surface area contributed by atoms with E-state index in [2.05, 4.69) is 40.9 Å². The number of hydrogen-bond acceptors (Lipinski definition) is 4. The molecule has 0 amide bonds. The third-order valence-electron chi connectivity index (χ3n) is 4.10. The molecule has 108 valence electrons. The van der Waals surface area contributed by atoms with Gasteiger partial charge in [-0.05, 0) is 46.3 Å². The molecule has 2 heterocycles. The highest BCUT2D eigenvalue weighted by Crippen LogP contribution is 2.27. The van der Waals surface area contributed by atoms with Gasteiger partial charge in [0.05, 0.1) is 16.9 Å². The molecular weight excluding hydrogens is 248 g/mol. The molecule has 0 radical (unpaired) electrons. The summed E-state index contributed by atoms with van der Waals surface area (Å²) in [4.78, 5) is 9.24. The predicted octanol–water partition coefficient (Wildman–Crippen LogP) is 2.49. The van der Waals surface area contributed by atoms with Gasteiger partial charge in [0, 0.05) is 24.8 Å². The lowest BCUT2D eigenvalue weighted by molar-refractivity contribution is 0.328. The van der Waals surface area contributed by atoms with E-state index < -0.39 is 0 Å². The van der Waals surface area contributed by atoms with E-state index in [9.17, 15) is 5.26 Å². The van der Waals surface area contributed by atoms with Crippen molar-refractivity contribution < 1.29 is 0 Å². The van der Waals surface area contributed by atoms with Crippen LogP contribution in [0.1, 0.15) is 36.7 Å². The molecule has 0 bridgehead atoms. The molecule has 0 N–H and O–H groups in total. The second-order valence-electron chi connectivity index (χ2n) is 5.73. The normalized spacial score (nSPS) is 20.6. The molecule has 1 unspecified atom stereocenters. The van der Waals surface area contributed by atoms with Crippen LogP contribution < -0.4 is 4.90 Å². The van der Waals surface area contributed by atoms with E-state index in [0.29, 0.717) is 6.04 Å². The number of aryl methyl sites for hydroxylation is 2. The second-order valence-corrected chi connectivity index (χ2v) is 5.73. The minimum Gasteiger partial charge on any atom is -0.366 e. The quantitative estimate of drug-likeness (QED) is 0.829. The Morgan fingerprint density at radius 1 is 1.40 bits per heavy atom. The van der Waals surface area contributed by atoms with E-state index >= 15 is 0 Å². The van der Waals surface area contributed by atoms with Gasteiger partial charge in [-0.15, -0.1) is 0 Å². The zero-order valence-electron chi connectivity index (χ0n) is 13.0. The molecule has 1 fully saturated rings. The van der Waals surface area contributed by atoms with Crippen LogP contribution in [-0.4, -0.2) is 42.6 Å². The van der Waals surface area contributed by atoms with Gasteiger partial charge in [-0.2, -0.15) is 5.26 Å². The molecule has 0 aliphatic carbocycles. The van der Waals surface area contributed by atoms with Crippen LogP contribution in [0, 0.1) is 25.2 Å². The maximum Gasteiger partial charge on any atom is 0.103 e. The molecule has 1 aliphatic rings. The lowest BCUT2D eigenvalue weighted by Crippen LogP contribution is -2.40. The monoisotopic (exact) mass is 272 g/mol. The first-order valence-corrected chi connectivity index (χ1v) is 7.40. The van der Waals surface area contributed by atoms with Gasteiger partial charge < -0.3 is 9.80 Å². The van der Waals surface area contributed by atoms with Crippen molar-refractivity contribution in [3.8, 4) is 6.07 Å². The van der Waals surface area contributed by atoms with Crippen molar-refractivity contribution in [3.05, 3.63) is 23.0 Å². The number of anilines is 1. The highest BCUT2D eigenvalue weighted by molar-refractivity contribution is 5.62. The third-order valence-corrected chi connectivity index (χ3v) is 4.10. The van der Waals surface area contributed by atoms with Gasteiger partial charge in [-0.25, -0.2) is 0 Å². The summed E-state index contributed by atoms with van der Waals surface area (Å²) >= 11 is 0. The average molecular weight is 272 g/mol. The van der Waals surface area contributed by atoms with E-state index in [0.717, 1.165) is 55.1 Å². The van der Waals surface area contributed by atoms with Crippen molar-refractivity contribution in [2.75, 3.05) is 31.6 Å². The molecule has 0 aromatic carbocycles. The van der Waals surface area contributed by atoms with Crippen molar-refractivity contribution in [1.82, 2.24) is 9.88 Å². The summed E-state index contributed by atoms with van der Waals surface area (Å²) < 4.78 is 0. The number of pyridine rings is 1. The van der Waals surface area contributed by atoms with Gasteiger partial charge in [-0.1, -0.05) is 6.92 Å². The zero-order chi connectivity index (χ0) is 14.7. The number of hydrogen-bond donors (Lipinski definition) is 0. The molecule has 1 saturated heterocycles. The van der Waals surface area contributed by atoms with E-state index in [1.54, 1.807) is 0 Å². The summed E-state index contributed by atoms with van der Waals surface area (Å²) in [5.74, 6) is 0. The lowest BCUT2D eigenvalue weighted by Gasteiger charge is -2.33. The van der Waals surface area contributed by atoms with E-state index in [1.165, 1.54) is 0 Å². The number of likely N-dealkylation sites (N-methyl/N-ethyl adjacent to an activating group) is 1. The van der Waals surface area contributed by atoms with E-state index in [-0.39, 0.29) is 0 Å². The molecule has 20 heavy (non-hydrogen) atoms. The molecule has 1 atom stereocenters. The van der Waals surface area contributed by atoms with E-state index in [4.69, 9.17) is 0 Å². The summed E-state index contributed by atoms with van der Waals surface area (Å²) in [5, 5.41) is 9.47. The Kier molecular flexibility index (Phi) is 4.61. The minimum absolute atomic E-state index is 0.468. The molecule has 1 aliphatic heterocycles. The summed E-state index contributed by atoms with van der Waals surface area (Å²) in [6.07, 6.45) is 2.23. The molecule has 1 aromatic heterocycles. The van der Waals surface area contributed by atoms with Crippen LogP contribution in [0.3, 0.4) is 0 Å². The Labute approximate surface area is 122 Å². The average Bonchev–Trinajstić information content (AvgIpc) is 2.59. The Bertz CT molecular complexity index is 518. The van der Waals surface area contributed by atoms with Gasteiger partial charge in [-0.3, -0.25) is 4.98 Å². The van der Waals surface area contributed by atoms with Gasteiger partial charge in [0.1, 0.15) is 6.07 Å². The van der Waals surface area contributed by atoms with Crippen LogP contribution >= 0.6 is 0 Å². The van der Waals surface area contributed by atoms with Crippen molar-refractivity contribution in [2.45, 2.75) is 39.7 Å². The highest BCUT2D eigenvalue weighted by atomic mass is 15.2. The van der Waals surface area contributed by atoms with Crippen LogP contribution in [0.15, 0.2) is 6.07 Å². The number of nitriles is 1. The second kappa shape index (κ2) is 6.23. The topological polar surface area (TPSA) is 43.2 Å².